The van der Waals surface area contributed by atoms with E-state index >= 15 is 0 Å². The Morgan fingerprint density at radius 1 is 1.21 bits per heavy atom. The molecule has 5 rings (SSSR count). The largest absolute Gasteiger partial charge is 0.451 e. The summed E-state index contributed by atoms with van der Waals surface area (Å²) >= 11 is 2.85. The summed E-state index contributed by atoms with van der Waals surface area (Å²) in [5, 5.41) is 9.18. The maximum Gasteiger partial charge on any atom is 0.289 e. The number of nitrogens with two attached hydrogens (primary N) is 1. The molecule has 39 heavy (non-hydrogen) atoms. The van der Waals surface area contributed by atoms with Crippen molar-refractivity contribution in [3.8, 4) is 11.3 Å². The number of aromatic nitrogens is 3. The molecule has 0 saturated carbocycles. The number of likely N-dealkylation sites (tertiary alicyclic amines) is 1. The smallest absolute Gasteiger partial charge is 0.289 e. The summed E-state index contributed by atoms with van der Waals surface area (Å²) in [5.74, 6) is -1.36. The number of fused-ring (bicyclic) bond motifs is 1. The van der Waals surface area contributed by atoms with E-state index in [-0.39, 0.29) is 39.1 Å². The van der Waals surface area contributed by atoms with Crippen LogP contribution in [0.25, 0.3) is 22.2 Å². The van der Waals surface area contributed by atoms with Crippen molar-refractivity contribution in [2.45, 2.75) is 52.0 Å². The number of halogens is 3. The van der Waals surface area contributed by atoms with Gasteiger partial charge in [-0.15, -0.1) is 5.10 Å². The summed E-state index contributed by atoms with van der Waals surface area (Å²) < 4.78 is 35.7. The zero-order valence-electron chi connectivity index (χ0n) is 21.6. The summed E-state index contributed by atoms with van der Waals surface area (Å²) in [6.45, 7) is 4.51. The van der Waals surface area contributed by atoms with Gasteiger partial charge in [-0.25, -0.2) is 13.5 Å². The Labute approximate surface area is 232 Å². The molecule has 0 bridgehead atoms. The molecule has 1 fully saturated rings. The molecule has 1 saturated heterocycles. The van der Waals surface area contributed by atoms with Crippen LogP contribution in [0.5, 0.6) is 0 Å². The molecule has 11 heteroatoms. The third kappa shape index (κ3) is 5.32. The molecule has 4 aromatic rings. The second kappa shape index (κ2) is 10.9. The normalized spacial score (nSPS) is 16.0. The van der Waals surface area contributed by atoms with E-state index < -0.39 is 11.6 Å². The molecule has 0 spiro atoms. The molecule has 2 N–H and O–H groups in total. The lowest BCUT2D eigenvalue weighted by Crippen LogP contribution is -2.32. The van der Waals surface area contributed by atoms with Gasteiger partial charge in [0, 0.05) is 36.0 Å². The Bertz CT molecular complexity index is 1580. The number of furan rings is 1. The number of anilines is 1. The molecule has 1 aliphatic rings. The first kappa shape index (κ1) is 27.0. The van der Waals surface area contributed by atoms with Crippen molar-refractivity contribution in [2.75, 3.05) is 18.8 Å². The fraction of sp³-hybridized carbons (Fsp3) is 0.357. The minimum absolute atomic E-state index is 0.0454. The number of carbonyl (C=O) groups excluding carboxylic acids is 2. The number of rotatable bonds is 6. The highest BCUT2D eigenvalue weighted by molar-refractivity contribution is 9.10. The van der Waals surface area contributed by atoms with Crippen molar-refractivity contribution in [1.82, 2.24) is 19.9 Å². The highest BCUT2D eigenvalue weighted by Gasteiger charge is 2.28. The van der Waals surface area contributed by atoms with Crippen LogP contribution in [0.2, 0.25) is 0 Å². The summed E-state index contributed by atoms with van der Waals surface area (Å²) in [6.07, 6.45) is 4.87. The molecule has 2 aromatic heterocycles. The third-order valence-electron chi connectivity index (χ3n) is 7.31. The van der Waals surface area contributed by atoms with Crippen molar-refractivity contribution in [3.05, 3.63) is 63.5 Å². The van der Waals surface area contributed by atoms with Gasteiger partial charge in [0.15, 0.2) is 11.6 Å². The Morgan fingerprint density at radius 3 is 2.77 bits per heavy atom. The lowest BCUT2D eigenvalue weighted by Gasteiger charge is -2.19. The summed E-state index contributed by atoms with van der Waals surface area (Å²) in [4.78, 5) is 26.6. The minimum atomic E-state index is -0.878. The topological polar surface area (TPSA) is 107 Å². The van der Waals surface area contributed by atoms with Gasteiger partial charge >= 0.3 is 0 Å². The third-order valence-corrected chi connectivity index (χ3v) is 8.03. The van der Waals surface area contributed by atoms with E-state index in [2.05, 4.69) is 26.2 Å². The van der Waals surface area contributed by atoms with Crippen LogP contribution < -0.4 is 5.73 Å². The lowest BCUT2D eigenvalue weighted by atomic mass is 10.0. The van der Waals surface area contributed by atoms with Crippen LogP contribution >= 0.6 is 15.9 Å². The molecule has 204 valence electrons. The van der Waals surface area contributed by atoms with Crippen LogP contribution in [-0.2, 0) is 11.2 Å². The molecule has 1 atom stereocenters. The van der Waals surface area contributed by atoms with E-state index in [0.29, 0.717) is 43.7 Å². The van der Waals surface area contributed by atoms with E-state index in [1.54, 1.807) is 22.7 Å². The molecule has 3 heterocycles. The maximum atomic E-state index is 14.3. The van der Waals surface area contributed by atoms with Gasteiger partial charge < -0.3 is 19.8 Å². The van der Waals surface area contributed by atoms with Gasteiger partial charge in [0.2, 0.25) is 0 Å². The number of benzene rings is 2. The van der Waals surface area contributed by atoms with Crippen molar-refractivity contribution >= 4 is 44.3 Å². The molecule has 1 amide bonds. The second-order valence-corrected chi connectivity index (χ2v) is 10.8. The number of aryl methyl sites for hydroxylation is 2. The van der Waals surface area contributed by atoms with E-state index in [1.807, 2.05) is 25.1 Å². The summed E-state index contributed by atoms with van der Waals surface area (Å²) in [5.41, 5.74) is 8.52. The van der Waals surface area contributed by atoms with Crippen LogP contribution in [0.3, 0.4) is 0 Å². The molecule has 0 radical (unpaired) electrons. The molecule has 2 aromatic carbocycles. The van der Waals surface area contributed by atoms with Crippen LogP contribution in [-0.4, -0.2) is 44.7 Å². The Morgan fingerprint density at radius 2 is 2.00 bits per heavy atom. The average molecular weight is 600 g/mol. The first-order chi connectivity index (χ1) is 18.6. The van der Waals surface area contributed by atoms with Gasteiger partial charge in [0.1, 0.15) is 22.9 Å². The quantitative estimate of drug-likeness (QED) is 0.215. The maximum absolute atomic E-state index is 14.3. The first-order valence-electron chi connectivity index (χ1n) is 12.8. The summed E-state index contributed by atoms with van der Waals surface area (Å²) in [7, 11) is 0. The van der Waals surface area contributed by atoms with Crippen molar-refractivity contribution in [2.24, 2.45) is 0 Å². The van der Waals surface area contributed by atoms with Gasteiger partial charge in [-0.2, -0.15) is 0 Å². The van der Waals surface area contributed by atoms with Crippen LogP contribution in [0.15, 0.2) is 39.4 Å². The molecule has 8 nitrogen and oxygen atoms in total. The van der Waals surface area contributed by atoms with E-state index in [1.165, 1.54) is 0 Å². The van der Waals surface area contributed by atoms with Gasteiger partial charge in [0.25, 0.3) is 5.91 Å². The van der Waals surface area contributed by atoms with E-state index in [9.17, 15) is 18.4 Å². The highest BCUT2D eigenvalue weighted by Crippen LogP contribution is 2.34. The Balaban J connectivity index is 1.30. The fourth-order valence-electron chi connectivity index (χ4n) is 5.04. The summed E-state index contributed by atoms with van der Waals surface area (Å²) in [6, 6.07) is 6.86. The second-order valence-electron chi connectivity index (χ2n) is 10.00. The number of nitrogen functional groups attached to an aromatic ring is 1. The number of hydrogen-bond donors (Lipinski definition) is 1. The number of Topliss-reactive ketones (excluding diaryl/α,β-unsaturated/α-hetero) is 1. The van der Waals surface area contributed by atoms with Gasteiger partial charge in [-0.1, -0.05) is 11.3 Å². The predicted molar refractivity (Wildman–Crippen MR) is 146 cm³/mol. The van der Waals surface area contributed by atoms with Crippen molar-refractivity contribution in [1.29, 1.82) is 0 Å². The van der Waals surface area contributed by atoms with Crippen molar-refractivity contribution < 1.29 is 22.8 Å². The lowest BCUT2D eigenvalue weighted by molar-refractivity contribution is -0.116. The number of ketones is 1. The first-order valence-corrected chi connectivity index (χ1v) is 13.6. The molecule has 1 aliphatic heterocycles. The van der Waals surface area contributed by atoms with Crippen LogP contribution in [0.4, 0.5) is 14.5 Å². The molecular weight excluding hydrogens is 572 g/mol. The molecule has 1 unspecified atom stereocenters. The highest BCUT2D eigenvalue weighted by atomic mass is 79.9. The zero-order valence-corrected chi connectivity index (χ0v) is 23.2. The SMILES string of the molecule is CC(=O)CCc1ccc2oc(C(=O)N3CCCC(n4cc(-c5cc(F)c(Br)c(F)c5N)nn4)CC3)c(C)c2c1. The van der Waals surface area contributed by atoms with E-state index in [0.717, 1.165) is 35.4 Å². The zero-order chi connectivity index (χ0) is 27.8. The number of nitrogens with zero attached hydrogens (tertiary/aromatic N) is 4. The van der Waals surface area contributed by atoms with Gasteiger partial charge in [-0.05, 0) is 79.2 Å². The minimum Gasteiger partial charge on any atom is -0.451 e. The van der Waals surface area contributed by atoms with Crippen molar-refractivity contribution in [3.63, 3.8) is 0 Å². The fourth-order valence-corrected chi connectivity index (χ4v) is 5.37. The van der Waals surface area contributed by atoms with Crippen LogP contribution in [0, 0.1) is 18.6 Å². The number of amides is 1. The standard InChI is InChI=1S/C28H28BrF2N5O3/c1-15(37)5-6-17-7-8-23-19(12-17)16(2)27(39-23)28(38)35-10-3-4-18(9-11-35)36-14-22(33-34-36)20-13-21(30)24(29)25(31)26(20)32/h7-8,12-14,18H,3-6,9-11,32H2,1-2H3. The van der Waals surface area contributed by atoms with Gasteiger partial charge in [-0.3, -0.25) is 4.79 Å². The molecule has 0 aliphatic carbocycles. The molecular formula is C28H28BrF2N5O3. The van der Waals surface area contributed by atoms with Gasteiger partial charge in [0.05, 0.1) is 22.4 Å². The predicted octanol–water partition coefficient (Wildman–Crippen LogP) is 6.01. The number of carbonyl (C=O) groups is 2. The van der Waals surface area contributed by atoms with Crippen LogP contribution in [0.1, 0.15) is 60.3 Å². The number of hydrogen-bond acceptors (Lipinski definition) is 6. The Kier molecular flexibility index (Phi) is 7.53. The average Bonchev–Trinajstić information content (AvgIpc) is 3.44. The monoisotopic (exact) mass is 599 g/mol. The Hall–Kier alpha value is -3.60. The van der Waals surface area contributed by atoms with E-state index in [4.69, 9.17) is 10.2 Å².